The Balaban J connectivity index is 1.60. The lowest BCUT2D eigenvalue weighted by Gasteiger charge is -2.17. The number of hydrogen-bond acceptors (Lipinski definition) is 2. The Morgan fingerprint density at radius 3 is 1.46 bits per heavy atom. The molecule has 0 aromatic heterocycles. The molecule has 0 heterocycles. The number of amides is 2. The number of anilines is 2. The Bertz CT molecular complexity index is 1460. The molecule has 7 heteroatoms. The second kappa shape index (κ2) is 10.3. The van der Waals surface area contributed by atoms with E-state index < -0.39 is 17.6 Å². The maximum Gasteiger partial charge on any atom is 0.417 e. The van der Waals surface area contributed by atoms with Crippen LogP contribution in [0.5, 0.6) is 0 Å². The summed E-state index contributed by atoms with van der Waals surface area (Å²) in [5, 5.41) is 5.33. The molecule has 4 aromatic carbocycles. The van der Waals surface area contributed by atoms with E-state index in [0.717, 1.165) is 17.2 Å². The molecule has 2 N–H and O–H groups in total. The van der Waals surface area contributed by atoms with Crippen LogP contribution in [0.2, 0.25) is 0 Å². The number of halogens is 3. The zero-order valence-corrected chi connectivity index (χ0v) is 20.5. The minimum absolute atomic E-state index is 0.0188. The van der Waals surface area contributed by atoms with Crippen LogP contribution >= 0.6 is 0 Å². The SMILES string of the molecule is Cc1ccc(C(=O)Nc2ccc(-c3ccc(NC(=O)c4ccc(C)cc4)cc3C(F)(F)F)c(C)c2)cc1. The van der Waals surface area contributed by atoms with Crippen molar-refractivity contribution in [2.45, 2.75) is 26.9 Å². The van der Waals surface area contributed by atoms with Crippen molar-refractivity contribution in [1.82, 2.24) is 0 Å². The van der Waals surface area contributed by atoms with E-state index in [0.29, 0.717) is 27.9 Å². The fraction of sp³-hybridized carbons (Fsp3) is 0.133. The zero-order valence-electron chi connectivity index (χ0n) is 20.5. The molecular formula is C30H25F3N2O2. The van der Waals surface area contributed by atoms with Crippen molar-refractivity contribution in [1.29, 1.82) is 0 Å². The first kappa shape index (κ1) is 25.7. The molecule has 0 bridgehead atoms. The Morgan fingerprint density at radius 1 is 0.595 bits per heavy atom. The van der Waals surface area contributed by atoms with Gasteiger partial charge >= 0.3 is 6.18 Å². The molecule has 0 saturated carbocycles. The van der Waals surface area contributed by atoms with Gasteiger partial charge in [0.15, 0.2) is 0 Å². The smallest absolute Gasteiger partial charge is 0.322 e. The first-order valence-corrected chi connectivity index (χ1v) is 11.6. The van der Waals surface area contributed by atoms with Gasteiger partial charge in [-0.05, 0) is 86.0 Å². The van der Waals surface area contributed by atoms with Crippen molar-refractivity contribution in [2.75, 3.05) is 10.6 Å². The number of carbonyl (C=O) groups excluding carboxylic acids is 2. The molecule has 0 aliphatic carbocycles. The number of hydrogen-bond donors (Lipinski definition) is 2. The topological polar surface area (TPSA) is 58.2 Å². The lowest BCUT2D eigenvalue weighted by Crippen LogP contribution is -2.14. The summed E-state index contributed by atoms with van der Waals surface area (Å²) in [6, 6.07) is 22.3. The standard InChI is InChI=1S/C30H25F3N2O2/c1-18-4-8-21(9-5-18)28(36)34-23-12-14-25(20(3)16-23)26-15-13-24(17-27(26)30(31,32)33)35-29(37)22-10-6-19(2)7-11-22/h4-17H,1-3H3,(H,34,36)(H,35,37). The third-order valence-corrected chi connectivity index (χ3v) is 5.98. The average Bonchev–Trinajstić information content (AvgIpc) is 2.84. The van der Waals surface area contributed by atoms with E-state index in [1.54, 1.807) is 61.5 Å². The predicted molar refractivity (Wildman–Crippen MR) is 140 cm³/mol. The lowest BCUT2D eigenvalue weighted by atomic mass is 9.94. The van der Waals surface area contributed by atoms with Crippen LogP contribution < -0.4 is 10.6 Å². The maximum atomic E-state index is 14.0. The van der Waals surface area contributed by atoms with Crippen LogP contribution in [0.25, 0.3) is 11.1 Å². The fourth-order valence-electron chi connectivity index (χ4n) is 3.95. The minimum Gasteiger partial charge on any atom is -0.322 e. The molecule has 4 aromatic rings. The Morgan fingerprint density at radius 2 is 1.03 bits per heavy atom. The average molecular weight is 503 g/mol. The van der Waals surface area contributed by atoms with Crippen molar-refractivity contribution in [3.8, 4) is 11.1 Å². The molecule has 0 radical (unpaired) electrons. The second-order valence-corrected chi connectivity index (χ2v) is 8.93. The van der Waals surface area contributed by atoms with Gasteiger partial charge in [0.05, 0.1) is 5.56 Å². The van der Waals surface area contributed by atoms with Crippen LogP contribution in [-0.2, 0) is 6.18 Å². The van der Waals surface area contributed by atoms with E-state index in [9.17, 15) is 22.8 Å². The normalized spacial score (nSPS) is 11.2. The molecule has 2 amide bonds. The molecule has 0 fully saturated rings. The van der Waals surface area contributed by atoms with Gasteiger partial charge < -0.3 is 10.6 Å². The maximum absolute atomic E-state index is 14.0. The molecule has 37 heavy (non-hydrogen) atoms. The first-order valence-electron chi connectivity index (χ1n) is 11.6. The summed E-state index contributed by atoms with van der Waals surface area (Å²) >= 11 is 0. The van der Waals surface area contributed by atoms with Gasteiger partial charge in [-0.25, -0.2) is 0 Å². The highest BCUT2D eigenvalue weighted by molar-refractivity contribution is 6.05. The number of alkyl halides is 3. The van der Waals surface area contributed by atoms with E-state index >= 15 is 0 Å². The van der Waals surface area contributed by atoms with Gasteiger partial charge in [0.25, 0.3) is 11.8 Å². The highest BCUT2D eigenvalue weighted by Crippen LogP contribution is 2.40. The summed E-state index contributed by atoms with van der Waals surface area (Å²) in [5.41, 5.74) is 3.39. The van der Waals surface area contributed by atoms with Gasteiger partial charge in [-0.1, -0.05) is 47.5 Å². The largest absolute Gasteiger partial charge is 0.417 e. The molecule has 0 atom stereocenters. The summed E-state index contributed by atoms with van der Waals surface area (Å²) in [4.78, 5) is 25.0. The molecular weight excluding hydrogens is 477 g/mol. The van der Waals surface area contributed by atoms with Crippen LogP contribution in [0.4, 0.5) is 24.5 Å². The van der Waals surface area contributed by atoms with E-state index in [4.69, 9.17) is 0 Å². The van der Waals surface area contributed by atoms with Gasteiger partial charge in [0, 0.05) is 22.5 Å². The van der Waals surface area contributed by atoms with E-state index in [-0.39, 0.29) is 17.2 Å². The number of rotatable bonds is 5. The van der Waals surface area contributed by atoms with Crippen LogP contribution in [0.15, 0.2) is 84.9 Å². The number of carbonyl (C=O) groups is 2. The fourth-order valence-corrected chi connectivity index (χ4v) is 3.95. The van der Waals surface area contributed by atoms with Crippen molar-refractivity contribution >= 4 is 23.2 Å². The van der Waals surface area contributed by atoms with Crippen molar-refractivity contribution in [3.63, 3.8) is 0 Å². The molecule has 4 nitrogen and oxygen atoms in total. The lowest BCUT2D eigenvalue weighted by molar-refractivity contribution is -0.137. The highest BCUT2D eigenvalue weighted by Gasteiger charge is 2.34. The summed E-state index contributed by atoms with van der Waals surface area (Å²) in [7, 11) is 0. The van der Waals surface area contributed by atoms with Crippen molar-refractivity contribution < 1.29 is 22.8 Å². The van der Waals surface area contributed by atoms with Gasteiger partial charge in [-0.3, -0.25) is 9.59 Å². The molecule has 0 aliphatic heterocycles. The van der Waals surface area contributed by atoms with E-state index in [1.807, 2.05) is 26.0 Å². The molecule has 0 aliphatic rings. The third-order valence-electron chi connectivity index (χ3n) is 5.98. The van der Waals surface area contributed by atoms with Crippen molar-refractivity contribution in [2.24, 2.45) is 0 Å². The van der Waals surface area contributed by atoms with Gasteiger partial charge in [-0.15, -0.1) is 0 Å². The number of benzene rings is 4. The zero-order chi connectivity index (χ0) is 26.7. The summed E-state index contributed by atoms with van der Waals surface area (Å²) < 4.78 is 42.1. The molecule has 0 saturated heterocycles. The van der Waals surface area contributed by atoms with Gasteiger partial charge in [0.2, 0.25) is 0 Å². The Kier molecular flexibility index (Phi) is 7.16. The van der Waals surface area contributed by atoms with E-state index in [1.165, 1.54) is 12.1 Å². The Labute approximate surface area is 213 Å². The summed E-state index contributed by atoms with van der Waals surface area (Å²) in [5.74, 6) is -0.803. The second-order valence-electron chi connectivity index (χ2n) is 8.93. The van der Waals surface area contributed by atoms with Gasteiger partial charge in [0.1, 0.15) is 0 Å². The highest BCUT2D eigenvalue weighted by atomic mass is 19.4. The van der Waals surface area contributed by atoms with Crippen LogP contribution in [0, 0.1) is 20.8 Å². The predicted octanol–water partition coefficient (Wildman–Crippen LogP) is 7.80. The molecule has 188 valence electrons. The molecule has 0 unspecified atom stereocenters. The van der Waals surface area contributed by atoms with Crippen LogP contribution in [-0.4, -0.2) is 11.8 Å². The van der Waals surface area contributed by atoms with Crippen LogP contribution in [0.1, 0.15) is 43.0 Å². The summed E-state index contributed by atoms with van der Waals surface area (Å²) in [6.45, 7) is 5.48. The summed E-state index contributed by atoms with van der Waals surface area (Å²) in [6.07, 6.45) is -4.65. The Hall–Kier alpha value is -4.39. The first-order chi connectivity index (χ1) is 17.5. The monoisotopic (exact) mass is 502 g/mol. The third kappa shape index (κ3) is 6.06. The molecule has 4 rings (SSSR count). The minimum atomic E-state index is -4.65. The quantitative estimate of drug-likeness (QED) is 0.293. The molecule has 0 spiro atoms. The number of nitrogens with one attached hydrogen (secondary N) is 2. The number of aryl methyl sites for hydroxylation is 3. The van der Waals surface area contributed by atoms with Crippen molar-refractivity contribution in [3.05, 3.63) is 118 Å². The van der Waals surface area contributed by atoms with E-state index in [2.05, 4.69) is 10.6 Å². The van der Waals surface area contributed by atoms with Gasteiger partial charge in [-0.2, -0.15) is 13.2 Å². The van der Waals surface area contributed by atoms with Crippen LogP contribution in [0.3, 0.4) is 0 Å².